The van der Waals surface area contributed by atoms with Gasteiger partial charge in [-0.05, 0) is 0 Å². The molecule has 1 aliphatic rings. The summed E-state index contributed by atoms with van der Waals surface area (Å²) in [6.07, 6.45) is 3.09. The average molecular weight is 482 g/mol. The van der Waals surface area contributed by atoms with Crippen molar-refractivity contribution in [3.63, 3.8) is 0 Å². The van der Waals surface area contributed by atoms with E-state index < -0.39 is 13.3 Å². The zero-order valence-corrected chi connectivity index (χ0v) is 22.9. The summed E-state index contributed by atoms with van der Waals surface area (Å²) in [5.41, 5.74) is 7.15. The van der Waals surface area contributed by atoms with E-state index in [1.165, 1.54) is 49.5 Å². The van der Waals surface area contributed by atoms with E-state index in [1.54, 1.807) is 4.40 Å². The first-order valence-corrected chi connectivity index (χ1v) is 19.2. The molecule has 2 heteroatoms. The van der Waals surface area contributed by atoms with E-state index >= 15 is 0 Å². The zero-order chi connectivity index (χ0) is 23.1. The number of hydrogen-bond donors (Lipinski definition) is 0. The van der Waals surface area contributed by atoms with Crippen LogP contribution in [0.25, 0.3) is 32.8 Å². The van der Waals surface area contributed by atoms with Crippen LogP contribution in [0.15, 0.2) is 54.7 Å². The molecule has 164 valence electrons. The molecule has 0 radical (unpaired) electrons. The molecule has 0 saturated carbocycles. The molecule has 1 nitrogen and oxygen atoms in total. The molecule has 0 aliphatic heterocycles. The van der Waals surface area contributed by atoms with Crippen LogP contribution in [-0.2, 0) is 11.8 Å². The van der Waals surface area contributed by atoms with Crippen LogP contribution in [0, 0.1) is 5.41 Å². The molecule has 1 aromatic heterocycles. The summed E-state index contributed by atoms with van der Waals surface area (Å²) in [7, 11) is 0. The van der Waals surface area contributed by atoms with Crippen molar-refractivity contribution in [2.75, 3.05) is 0 Å². The summed E-state index contributed by atoms with van der Waals surface area (Å²) in [5, 5.41) is 5.49. The average Bonchev–Trinajstić information content (AvgIpc) is 2.68. The van der Waals surface area contributed by atoms with Gasteiger partial charge in [0, 0.05) is 0 Å². The molecule has 3 aromatic carbocycles. The predicted octanol–water partition coefficient (Wildman–Crippen LogP) is 7.83. The topological polar surface area (TPSA) is 12.9 Å². The first kappa shape index (κ1) is 21.7. The minimum absolute atomic E-state index is 0.0601. The molecule has 5 rings (SSSR count). The van der Waals surface area contributed by atoms with Crippen LogP contribution >= 0.6 is 0 Å². The Labute approximate surface area is 195 Å². The zero-order valence-electron chi connectivity index (χ0n) is 20.9. The molecule has 0 spiro atoms. The molecule has 0 saturated heterocycles. The van der Waals surface area contributed by atoms with Gasteiger partial charge in [0.2, 0.25) is 0 Å². The van der Waals surface area contributed by atoms with Crippen LogP contribution in [0.4, 0.5) is 0 Å². The number of nitrogens with zero attached hydrogens (tertiary/aromatic N) is 1. The maximum absolute atomic E-state index is 5.00. The summed E-state index contributed by atoms with van der Waals surface area (Å²) in [5.74, 6) is 7.62. The van der Waals surface area contributed by atoms with Crippen molar-refractivity contribution in [3.05, 3.63) is 71.4 Å². The molecule has 0 unspecified atom stereocenters. The Morgan fingerprint density at radius 2 is 1.62 bits per heavy atom. The van der Waals surface area contributed by atoms with E-state index in [0.717, 1.165) is 6.42 Å². The van der Waals surface area contributed by atoms with Gasteiger partial charge in [0.15, 0.2) is 0 Å². The fraction of sp³-hybridized carbons (Fsp3) is 0.367. The first-order valence-electron chi connectivity index (χ1n) is 11.9. The standard InChI is InChI=1S/C30H35GeN/c1-29(2,3)18-19-15-21-13-14-32-28-23-17-20-11-9-10-12-22(20)27(31(6,7)8)26(23)30(4,5)24(16-19)25(21)28/h9-17H,18H2,1-8H3. The molecule has 4 aromatic rings. The van der Waals surface area contributed by atoms with Crippen molar-refractivity contribution in [1.29, 1.82) is 0 Å². The number of pyridine rings is 1. The van der Waals surface area contributed by atoms with Crippen molar-refractivity contribution in [2.24, 2.45) is 5.41 Å². The quantitative estimate of drug-likeness (QED) is 0.266. The fourth-order valence-electron chi connectivity index (χ4n) is 5.89. The van der Waals surface area contributed by atoms with Gasteiger partial charge in [0.05, 0.1) is 0 Å². The third-order valence-electron chi connectivity index (χ3n) is 7.01. The van der Waals surface area contributed by atoms with E-state index in [0.29, 0.717) is 0 Å². The van der Waals surface area contributed by atoms with Gasteiger partial charge < -0.3 is 0 Å². The Morgan fingerprint density at radius 1 is 0.906 bits per heavy atom. The van der Waals surface area contributed by atoms with E-state index in [-0.39, 0.29) is 10.8 Å². The summed E-state index contributed by atoms with van der Waals surface area (Å²) in [4.78, 5) is 5.00. The van der Waals surface area contributed by atoms with Gasteiger partial charge in [0.1, 0.15) is 0 Å². The van der Waals surface area contributed by atoms with Gasteiger partial charge in [-0.1, -0.05) is 0 Å². The van der Waals surface area contributed by atoms with Crippen LogP contribution in [0.1, 0.15) is 51.3 Å². The van der Waals surface area contributed by atoms with Crippen molar-refractivity contribution >= 4 is 39.2 Å². The van der Waals surface area contributed by atoms with E-state index in [1.807, 2.05) is 6.20 Å². The Morgan fingerprint density at radius 3 is 2.31 bits per heavy atom. The van der Waals surface area contributed by atoms with Gasteiger partial charge in [-0.3, -0.25) is 0 Å². The van der Waals surface area contributed by atoms with Crippen molar-refractivity contribution < 1.29 is 0 Å². The molecule has 32 heavy (non-hydrogen) atoms. The van der Waals surface area contributed by atoms with Gasteiger partial charge in [-0.2, -0.15) is 0 Å². The Kier molecular flexibility index (Phi) is 4.70. The van der Waals surface area contributed by atoms with Crippen LogP contribution in [0.5, 0.6) is 0 Å². The summed E-state index contributed by atoms with van der Waals surface area (Å²) in [6, 6.07) is 18.5. The van der Waals surface area contributed by atoms with Crippen molar-refractivity contribution in [3.8, 4) is 11.3 Å². The van der Waals surface area contributed by atoms with Crippen LogP contribution in [0.3, 0.4) is 0 Å². The van der Waals surface area contributed by atoms with Crippen LogP contribution in [-0.4, -0.2) is 18.3 Å². The number of hydrogen-bond acceptors (Lipinski definition) is 1. The van der Waals surface area contributed by atoms with Gasteiger partial charge in [0.25, 0.3) is 0 Å². The molecular weight excluding hydrogens is 447 g/mol. The second kappa shape index (κ2) is 6.93. The molecule has 0 amide bonds. The van der Waals surface area contributed by atoms with Crippen LogP contribution in [0.2, 0.25) is 17.3 Å². The van der Waals surface area contributed by atoms with Crippen molar-refractivity contribution in [1.82, 2.24) is 4.98 Å². The van der Waals surface area contributed by atoms with E-state index in [9.17, 15) is 0 Å². The van der Waals surface area contributed by atoms with Gasteiger partial charge >= 0.3 is 196 Å². The molecule has 1 aliphatic carbocycles. The predicted molar refractivity (Wildman–Crippen MR) is 143 cm³/mol. The molecule has 0 bridgehead atoms. The first-order chi connectivity index (χ1) is 14.9. The monoisotopic (exact) mass is 483 g/mol. The van der Waals surface area contributed by atoms with Crippen molar-refractivity contribution in [2.45, 2.75) is 63.7 Å². The number of aromatic nitrogens is 1. The second-order valence-electron chi connectivity index (χ2n) is 12.4. The van der Waals surface area contributed by atoms with E-state index in [2.05, 4.69) is 100 Å². The second-order valence-corrected chi connectivity index (χ2v) is 22.9. The fourth-order valence-corrected chi connectivity index (χ4v) is 10.6. The number of fused-ring (bicyclic) bond motifs is 3. The molecule has 0 fully saturated rings. The number of benzene rings is 3. The summed E-state index contributed by atoms with van der Waals surface area (Å²) in [6.45, 7) is 11.9. The minimum atomic E-state index is -2.24. The van der Waals surface area contributed by atoms with Gasteiger partial charge in [-0.15, -0.1) is 0 Å². The van der Waals surface area contributed by atoms with E-state index in [4.69, 9.17) is 4.98 Å². The Bertz CT molecular complexity index is 1380. The molecule has 0 N–H and O–H groups in total. The van der Waals surface area contributed by atoms with Crippen LogP contribution < -0.4 is 4.40 Å². The third kappa shape index (κ3) is 3.32. The molecular formula is C30H35GeN. The third-order valence-corrected chi connectivity index (χ3v) is 11.2. The summed E-state index contributed by atoms with van der Waals surface area (Å²) >= 11 is -2.24. The molecule has 0 atom stereocenters. The summed E-state index contributed by atoms with van der Waals surface area (Å²) < 4.78 is 1.65. The van der Waals surface area contributed by atoms with Gasteiger partial charge in [-0.25, -0.2) is 0 Å². The normalized spacial score (nSPS) is 15.2. The molecule has 1 heterocycles. The number of rotatable bonds is 2. The Balaban J connectivity index is 1.95. The SMILES string of the molecule is CC(C)(C)Cc1cc2c3c(nccc3c1)-c1cc3ccccc3[c]([Ge]([CH3])([CH3])[CH3])c1C2(C)C. The Hall–Kier alpha value is -2.13. The maximum atomic E-state index is 5.00.